The summed E-state index contributed by atoms with van der Waals surface area (Å²) in [5.41, 5.74) is 0.240. The van der Waals surface area contributed by atoms with Crippen molar-refractivity contribution in [3.63, 3.8) is 0 Å². The van der Waals surface area contributed by atoms with E-state index in [1.807, 2.05) is 0 Å². The highest BCUT2D eigenvalue weighted by molar-refractivity contribution is 6.16. The number of esters is 7. The van der Waals surface area contributed by atoms with Gasteiger partial charge in [-0.15, -0.1) is 0 Å². The topological polar surface area (TPSA) is 210 Å². The maximum absolute atomic E-state index is 14.4. The van der Waals surface area contributed by atoms with E-state index in [4.69, 9.17) is 37.9 Å². The van der Waals surface area contributed by atoms with Gasteiger partial charge in [0.15, 0.2) is 18.3 Å². The van der Waals surface area contributed by atoms with E-state index < -0.39 is 90.6 Å². The number of hydrogen-bond donors (Lipinski definition) is 0. The van der Waals surface area contributed by atoms with E-state index in [1.165, 1.54) is 37.3 Å². The molecule has 1 heterocycles. The third kappa shape index (κ3) is 8.94. The Labute approximate surface area is 291 Å². The van der Waals surface area contributed by atoms with Crippen LogP contribution < -0.4 is 9.47 Å². The van der Waals surface area contributed by atoms with Crippen LogP contribution in [0.5, 0.6) is 11.5 Å². The first-order chi connectivity index (χ1) is 24.0. The normalized spacial score (nSPS) is 21.9. The third-order valence-corrected chi connectivity index (χ3v) is 7.68. The molecule has 0 spiro atoms. The van der Waals surface area contributed by atoms with Crippen LogP contribution in [0.1, 0.15) is 87.0 Å². The van der Waals surface area contributed by atoms with Crippen molar-refractivity contribution in [1.82, 2.24) is 0 Å². The molecule has 272 valence electrons. The molecule has 4 rings (SSSR count). The zero-order chi connectivity index (χ0) is 37.7. The van der Waals surface area contributed by atoms with Gasteiger partial charge >= 0.3 is 41.8 Å². The maximum Gasteiger partial charge on any atom is 0.308 e. The number of ketones is 1. The van der Waals surface area contributed by atoms with Crippen LogP contribution in [0.25, 0.3) is 0 Å². The smallest absolute Gasteiger partial charge is 0.308 e. The average Bonchev–Trinajstić information content (AvgIpc) is 3.00. The number of ether oxygens (including phenoxy) is 8. The van der Waals surface area contributed by atoms with Crippen LogP contribution >= 0.6 is 0 Å². The highest BCUT2D eigenvalue weighted by atomic mass is 16.7. The van der Waals surface area contributed by atoms with Gasteiger partial charge in [-0.3, -0.25) is 38.4 Å². The predicted octanol–water partition coefficient (Wildman–Crippen LogP) is 2.40. The number of rotatable bonds is 10. The van der Waals surface area contributed by atoms with Crippen molar-refractivity contribution >= 4 is 47.6 Å². The Morgan fingerprint density at radius 1 is 0.608 bits per heavy atom. The Kier molecular flexibility index (Phi) is 11.9. The van der Waals surface area contributed by atoms with Crippen LogP contribution in [0.2, 0.25) is 0 Å². The minimum atomic E-state index is -1.57. The lowest BCUT2D eigenvalue weighted by atomic mass is 9.71. The molecule has 1 aliphatic heterocycles. The van der Waals surface area contributed by atoms with Crippen LogP contribution in [0.15, 0.2) is 30.3 Å². The van der Waals surface area contributed by atoms with Gasteiger partial charge in [0.05, 0.1) is 11.1 Å². The Hall–Kier alpha value is -5.64. The van der Waals surface area contributed by atoms with Gasteiger partial charge in [-0.1, -0.05) is 18.2 Å². The Morgan fingerprint density at radius 2 is 1.16 bits per heavy atom. The molecule has 1 aliphatic carbocycles. The summed E-state index contributed by atoms with van der Waals surface area (Å²) in [4.78, 5) is 100. The molecule has 0 unspecified atom stereocenters. The average molecular weight is 713 g/mol. The Morgan fingerprint density at radius 3 is 1.73 bits per heavy atom. The molecule has 16 heteroatoms. The fourth-order valence-electron chi connectivity index (χ4n) is 6.16. The van der Waals surface area contributed by atoms with Gasteiger partial charge in [-0.25, -0.2) is 0 Å². The highest BCUT2D eigenvalue weighted by Crippen LogP contribution is 2.49. The molecule has 16 nitrogen and oxygen atoms in total. The first-order valence-electron chi connectivity index (χ1n) is 15.6. The second-order valence-corrected chi connectivity index (χ2v) is 11.7. The monoisotopic (exact) mass is 712 g/mol. The quantitative estimate of drug-likeness (QED) is 0.197. The molecule has 0 bridgehead atoms. The van der Waals surface area contributed by atoms with Crippen molar-refractivity contribution in [1.29, 1.82) is 0 Å². The molecule has 1 fully saturated rings. The largest absolute Gasteiger partial charge is 0.463 e. The molecule has 2 aromatic carbocycles. The molecular weight excluding hydrogens is 676 g/mol. The number of fused-ring (bicyclic) bond motifs is 2. The van der Waals surface area contributed by atoms with Crippen molar-refractivity contribution < 1.29 is 76.3 Å². The fourth-order valence-corrected chi connectivity index (χ4v) is 6.16. The van der Waals surface area contributed by atoms with Gasteiger partial charge in [0.2, 0.25) is 5.78 Å². The molecule has 0 aromatic heterocycles. The van der Waals surface area contributed by atoms with Gasteiger partial charge < -0.3 is 37.9 Å². The van der Waals surface area contributed by atoms with E-state index in [2.05, 4.69) is 0 Å². The molecule has 0 N–H and O–H groups in total. The molecule has 0 saturated carbocycles. The van der Waals surface area contributed by atoms with Crippen LogP contribution in [0.3, 0.4) is 0 Å². The lowest BCUT2D eigenvalue weighted by molar-refractivity contribution is -0.254. The molecule has 2 aromatic rings. The van der Waals surface area contributed by atoms with Crippen molar-refractivity contribution in [3.05, 3.63) is 58.1 Å². The second-order valence-electron chi connectivity index (χ2n) is 11.7. The molecule has 2 aliphatic rings. The molecule has 6 atom stereocenters. The van der Waals surface area contributed by atoms with Gasteiger partial charge in [-0.05, 0) is 28.8 Å². The number of hydrogen-bond acceptors (Lipinski definition) is 16. The van der Waals surface area contributed by atoms with Crippen LogP contribution in [0.4, 0.5) is 0 Å². The van der Waals surface area contributed by atoms with Crippen LogP contribution in [-0.4, -0.2) is 84.7 Å². The molecule has 51 heavy (non-hydrogen) atoms. The summed E-state index contributed by atoms with van der Waals surface area (Å²) < 4.78 is 44.8. The maximum atomic E-state index is 14.4. The van der Waals surface area contributed by atoms with Gasteiger partial charge in [0.25, 0.3) is 0 Å². The molecule has 0 radical (unpaired) electrons. The zero-order valence-electron chi connectivity index (χ0n) is 28.8. The van der Waals surface area contributed by atoms with Crippen LogP contribution in [-0.2, 0) is 68.6 Å². The summed E-state index contributed by atoms with van der Waals surface area (Å²) in [6, 6.07) is 7.19. The van der Waals surface area contributed by atoms with E-state index in [9.17, 15) is 38.4 Å². The molecule has 0 amide bonds. The van der Waals surface area contributed by atoms with E-state index in [-0.39, 0.29) is 45.9 Å². The van der Waals surface area contributed by atoms with Gasteiger partial charge in [0.1, 0.15) is 36.9 Å². The number of carbonyl (C=O) groups is 8. The molecular formula is C35H36O16. The van der Waals surface area contributed by atoms with E-state index in [1.54, 1.807) is 0 Å². The van der Waals surface area contributed by atoms with Crippen LogP contribution in [0, 0.1) is 0 Å². The summed E-state index contributed by atoms with van der Waals surface area (Å²) in [6.07, 6.45) is -7.41. The van der Waals surface area contributed by atoms with Crippen molar-refractivity contribution in [3.8, 4) is 11.5 Å². The summed E-state index contributed by atoms with van der Waals surface area (Å²) in [5, 5.41) is 0. The van der Waals surface area contributed by atoms with Gasteiger partial charge in [-0.2, -0.15) is 0 Å². The lowest BCUT2D eigenvalue weighted by Gasteiger charge is -2.48. The van der Waals surface area contributed by atoms with E-state index in [0.717, 1.165) is 41.5 Å². The van der Waals surface area contributed by atoms with E-state index in [0.29, 0.717) is 0 Å². The minimum absolute atomic E-state index is 0.120. The first-order valence-corrected chi connectivity index (χ1v) is 15.6. The Balaban J connectivity index is 2.10. The summed E-state index contributed by atoms with van der Waals surface area (Å²) in [7, 11) is 0. The minimum Gasteiger partial charge on any atom is -0.463 e. The second kappa shape index (κ2) is 15.9. The van der Waals surface area contributed by atoms with Crippen molar-refractivity contribution in [2.75, 3.05) is 6.61 Å². The van der Waals surface area contributed by atoms with Gasteiger partial charge in [0, 0.05) is 54.4 Å². The standard InChI is InChI=1S/C35H36O16/c1-15(36)44-13-22-11-24-28(23-9-8-10-25(46-17(3)38)29(23)31(43)30(24)26(12-22)47-18(4)39)33-35(50-21(7)42)34(49-20(6)41)32(48-19(5)40)27(51-33)14-45-16(2)37/h8-12,27-28,32-35H,13-14H2,1-7H3/t27-,28+,32-,33+,34+,35+/m1/s1. The summed E-state index contributed by atoms with van der Waals surface area (Å²) in [5.74, 6) is -7.84. The van der Waals surface area contributed by atoms with Crippen molar-refractivity contribution in [2.45, 2.75) is 91.5 Å². The SMILES string of the molecule is CC(=O)OCc1cc(OC(C)=O)c2c(c1)[C@@H]([C@@H]1O[C@H](COC(C)=O)[C@@H](OC(C)=O)[C@H](OC(C)=O)[C@H]1OC(C)=O)c1cccc(OC(C)=O)c1C2=O. The number of benzene rings is 2. The fraction of sp³-hybridized carbons (Fsp3) is 0.429. The predicted molar refractivity (Wildman–Crippen MR) is 168 cm³/mol. The summed E-state index contributed by atoms with van der Waals surface area (Å²) >= 11 is 0. The molecule has 1 saturated heterocycles. The lowest BCUT2D eigenvalue weighted by Crippen LogP contribution is -2.63. The Bertz CT molecular complexity index is 1780. The summed E-state index contributed by atoms with van der Waals surface area (Å²) in [6.45, 7) is 6.92. The first kappa shape index (κ1) is 38.2. The van der Waals surface area contributed by atoms with Crippen molar-refractivity contribution in [2.24, 2.45) is 0 Å². The number of carbonyl (C=O) groups excluding carboxylic acids is 8. The highest BCUT2D eigenvalue weighted by Gasteiger charge is 2.56. The van der Waals surface area contributed by atoms with E-state index >= 15 is 0 Å². The third-order valence-electron chi connectivity index (χ3n) is 7.68. The zero-order valence-corrected chi connectivity index (χ0v) is 28.8.